The molecule has 2 heterocycles. The summed E-state index contributed by atoms with van der Waals surface area (Å²) in [5.41, 5.74) is 0.986. The normalized spacial score (nSPS) is 23.5. The molecule has 2 aliphatic rings. The monoisotopic (exact) mass is 415 g/mol. The predicted molar refractivity (Wildman–Crippen MR) is 120 cm³/mol. The third-order valence-corrected chi connectivity index (χ3v) is 5.91. The fourth-order valence-corrected chi connectivity index (χ4v) is 4.52. The molecule has 2 N–H and O–H groups in total. The number of guanidine groups is 1. The molecule has 30 heavy (non-hydrogen) atoms. The van der Waals surface area contributed by atoms with Crippen molar-refractivity contribution in [3.8, 4) is 5.75 Å². The van der Waals surface area contributed by atoms with Crippen LogP contribution < -0.4 is 5.32 Å². The van der Waals surface area contributed by atoms with Crippen LogP contribution in [0.3, 0.4) is 0 Å². The summed E-state index contributed by atoms with van der Waals surface area (Å²) in [6.45, 7) is 13.6. The van der Waals surface area contributed by atoms with E-state index in [1.165, 1.54) is 6.42 Å². The summed E-state index contributed by atoms with van der Waals surface area (Å²) in [6, 6.07) is 7.23. The molecular formula is C23H37N5O2. The van der Waals surface area contributed by atoms with Gasteiger partial charge in [-0.3, -0.25) is 9.69 Å². The van der Waals surface area contributed by atoms with E-state index in [9.17, 15) is 9.90 Å². The molecule has 7 nitrogen and oxygen atoms in total. The van der Waals surface area contributed by atoms with Crippen molar-refractivity contribution in [3.63, 3.8) is 0 Å². The molecule has 166 valence electrons. The standard InChI is InChI=1S/C23H37N5O2/c1-4-24-23(25-14-20-6-5-7-21(29)13-20)27-10-8-26(9-11-27)17-22(30)28-15-18(2)12-19(3)16-28/h5-7,13,18-19,29H,4,8-12,14-17H2,1-3H3,(H,24,25). The number of benzene rings is 1. The molecule has 7 heteroatoms. The minimum atomic E-state index is 0.267. The predicted octanol–water partition coefficient (Wildman–Crippen LogP) is 1.98. The lowest BCUT2D eigenvalue weighted by Crippen LogP contribution is -2.55. The maximum absolute atomic E-state index is 12.8. The summed E-state index contributed by atoms with van der Waals surface area (Å²) in [6.07, 6.45) is 1.22. The van der Waals surface area contributed by atoms with E-state index in [1.807, 2.05) is 12.1 Å². The van der Waals surface area contributed by atoms with Crippen molar-refractivity contribution in [1.82, 2.24) is 20.0 Å². The Morgan fingerprint density at radius 2 is 1.83 bits per heavy atom. The molecule has 1 aromatic rings. The van der Waals surface area contributed by atoms with Crippen molar-refractivity contribution in [1.29, 1.82) is 0 Å². The number of hydrogen-bond acceptors (Lipinski definition) is 4. The van der Waals surface area contributed by atoms with Crippen LogP contribution in [0, 0.1) is 11.8 Å². The zero-order valence-electron chi connectivity index (χ0n) is 18.7. The fourth-order valence-electron chi connectivity index (χ4n) is 4.52. The number of amides is 1. The lowest BCUT2D eigenvalue weighted by atomic mass is 9.92. The van der Waals surface area contributed by atoms with Crippen molar-refractivity contribution in [2.45, 2.75) is 33.7 Å². The van der Waals surface area contributed by atoms with E-state index >= 15 is 0 Å². The van der Waals surface area contributed by atoms with Crippen LogP contribution >= 0.6 is 0 Å². The number of hydrogen-bond donors (Lipinski definition) is 2. The molecular weight excluding hydrogens is 378 g/mol. The molecule has 2 aliphatic heterocycles. The fraction of sp³-hybridized carbons (Fsp3) is 0.652. The number of phenolic OH excluding ortho intramolecular Hbond substituents is 1. The number of carbonyl (C=O) groups excluding carboxylic acids is 1. The number of aromatic hydroxyl groups is 1. The molecule has 0 bridgehead atoms. The van der Waals surface area contributed by atoms with Gasteiger partial charge >= 0.3 is 0 Å². The number of nitrogens with zero attached hydrogens (tertiary/aromatic N) is 4. The minimum absolute atomic E-state index is 0.267. The summed E-state index contributed by atoms with van der Waals surface area (Å²) in [5.74, 6) is 2.63. The molecule has 1 aromatic carbocycles. The van der Waals surface area contributed by atoms with E-state index < -0.39 is 0 Å². The largest absolute Gasteiger partial charge is 0.508 e. The summed E-state index contributed by atoms with van der Waals surface area (Å²) < 4.78 is 0. The van der Waals surface area contributed by atoms with Gasteiger partial charge in [-0.1, -0.05) is 26.0 Å². The molecule has 0 saturated carbocycles. The van der Waals surface area contributed by atoms with Gasteiger partial charge in [-0.2, -0.15) is 0 Å². The highest BCUT2D eigenvalue weighted by Gasteiger charge is 2.28. The number of aliphatic imine (C=N–C) groups is 1. The molecule has 3 rings (SSSR count). The van der Waals surface area contributed by atoms with E-state index in [-0.39, 0.29) is 11.7 Å². The smallest absolute Gasteiger partial charge is 0.236 e. The molecule has 2 saturated heterocycles. The average Bonchev–Trinajstić information content (AvgIpc) is 2.71. The van der Waals surface area contributed by atoms with Crippen molar-refractivity contribution >= 4 is 11.9 Å². The highest BCUT2D eigenvalue weighted by atomic mass is 16.3. The molecule has 0 aromatic heterocycles. The van der Waals surface area contributed by atoms with Gasteiger partial charge in [0.05, 0.1) is 13.1 Å². The Bertz CT molecular complexity index is 720. The number of phenols is 1. The van der Waals surface area contributed by atoms with E-state index in [0.717, 1.165) is 57.3 Å². The minimum Gasteiger partial charge on any atom is -0.508 e. The number of carbonyl (C=O) groups is 1. The van der Waals surface area contributed by atoms with Crippen LogP contribution in [-0.4, -0.2) is 84.0 Å². The maximum atomic E-state index is 12.8. The zero-order chi connectivity index (χ0) is 21.5. The quantitative estimate of drug-likeness (QED) is 0.568. The Hall–Kier alpha value is -2.28. The first-order valence-electron chi connectivity index (χ1n) is 11.3. The summed E-state index contributed by atoms with van der Waals surface area (Å²) in [5, 5.41) is 13.0. The number of piperidine rings is 1. The second-order valence-corrected chi connectivity index (χ2v) is 8.85. The highest BCUT2D eigenvalue weighted by molar-refractivity contribution is 5.80. The average molecular weight is 416 g/mol. The summed E-state index contributed by atoms with van der Waals surface area (Å²) in [4.78, 5) is 24.1. The van der Waals surface area contributed by atoms with E-state index in [1.54, 1.807) is 12.1 Å². The number of likely N-dealkylation sites (tertiary alicyclic amines) is 1. The Kier molecular flexibility index (Phi) is 7.96. The Morgan fingerprint density at radius 1 is 1.13 bits per heavy atom. The van der Waals surface area contributed by atoms with E-state index in [2.05, 4.69) is 40.8 Å². The Labute approximate surface area is 180 Å². The van der Waals surface area contributed by atoms with Crippen molar-refractivity contribution in [2.75, 3.05) is 52.4 Å². The first kappa shape index (κ1) is 22.4. The second-order valence-electron chi connectivity index (χ2n) is 8.85. The van der Waals surface area contributed by atoms with Gasteiger partial charge < -0.3 is 20.2 Å². The van der Waals surface area contributed by atoms with Gasteiger partial charge in [0.2, 0.25) is 5.91 Å². The SMILES string of the molecule is CCNC(=NCc1cccc(O)c1)N1CCN(CC(=O)N2CC(C)CC(C)C2)CC1. The molecule has 0 spiro atoms. The van der Waals surface area contributed by atoms with Crippen LogP contribution in [0.1, 0.15) is 32.8 Å². The third kappa shape index (κ3) is 6.36. The van der Waals surface area contributed by atoms with Crippen LogP contribution in [-0.2, 0) is 11.3 Å². The van der Waals surface area contributed by atoms with Crippen LogP contribution in [0.2, 0.25) is 0 Å². The van der Waals surface area contributed by atoms with Crippen molar-refractivity contribution in [3.05, 3.63) is 29.8 Å². The van der Waals surface area contributed by atoms with Gasteiger partial charge in [-0.05, 0) is 42.9 Å². The zero-order valence-corrected chi connectivity index (χ0v) is 18.7. The van der Waals surface area contributed by atoms with E-state index in [0.29, 0.717) is 24.9 Å². The number of rotatable bonds is 5. The lowest BCUT2D eigenvalue weighted by molar-refractivity contribution is -0.135. The maximum Gasteiger partial charge on any atom is 0.236 e. The molecule has 1 amide bonds. The number of piperazine rings is 1. The molecule has 0 radical (unpaired) electrons. The van der Waals surface area contributed by atoms with Gasteiger partial charge in [0.15, 0.2) is 5.96 Å². The van der Waals surface area contributed by atoms with Gasteiger partial charge in [0, 0.05) is 45.8 Å². The summed E-state index contributed by atoms with van der Waals surface area (Å²) >= 11 is 0. The summed E-state index contributed by atoms with van der Waals surface area (Å²) in [7, 11) is 0. The van der Waals surface area contributed by atoms with Crippen LogP contribution in [0.4, 0.5) is 0 Å². The second kappa shape index (κ2) is 10.7. The molecule has 2 atom stereocenters. The molecule has 2 fully saturated rings. The van der Waals surface area contributed by atoms with Crippen LogP contribution in [0.25, 0.3) is 0 Å². The Morgan fingerprint density at radius 3 is 2.47 bits per heavy atom. The van der Waals surface area contributed by atoms with Gasteiger partial charge in [0.1, 0.15) is 5.75 Å². The van der Waals surface area contributed by atoms with Crippen molar-refractivity contribution < 1.29 is 9.90 Å². The highest BCUT2D eigenvalue weighted by Crippen LogP contribution is 2.21. The van der Waals surface area contributed by atoms with E-state index in [4.69, 9.17) is 4.99 Å². The first-order valence-corrected chi connectivity index (χ1v) is 11.3. The topological polar surface area (TPSA) is 71.4 Å². The molecule has 0 aliphatic carbocycles. The lowest BCUT2D eigenvalue weighted by Gasteiger charge is -2.39. The Balaban J connectivity index is 1.51. The van der Waals surface area contributed by atoms with Crippen LogP contribution in [0.15, 0.2) is 29.3 Å². The van der Waals surface area contributed by atoms with Gasteiger partial charge in [-0.15, -0.1) is 0 Å². The van der Waals surface area contributed by atoms with Gasteiger partial charge in [-0.25, -0.2) is 4.99 Å². The molecule has 2 unspecified atom stereocenters. The number of nitrogens with one attached hydrogen (secondary N) is 1. The van der Waals surface area contributed by atoms with Gasteiger partial charge in [0.25, 0.3) is 0 Å². The van der Waals surface area contributed by atoms with Crippen molar-refractivity contribution in [2.24, 2.45) is 16.8 Å². The first-order chi connectivity index (χ1) is 14.4. The van der Waals surface area contributed by atoms with Crippen LogP contribution in [0.5, 0.6) is 5.75 Å². The third-order valence-electron chi connectivity index (χ3n) is 5.91.